The van der Waals surface area contributed by atoms with Gasteiger partial charge in [0.2, 0.25) is 5.79 Å². The summed E-state index contributed by atoms with van der Waals surface area (Å²) >= 11 is 7.84. The third kappa shape index (κ3) is 11.6. The van der Waals surface area contributed by atoms with E-state index in [1.807, 2.05) is 6.07 Å². The molecule has 1 saturated heterocycles. The Labute approximate surface area is 312 Å². The summed E-state index contributed by atoms with van der Waals surface area (Å²) in [5, 5.41) is 0.325. The molecule has 1 aliphatic heterocycles. The first-order valence-corrected chi connectivity index (χ1v) is 19.4. The van der Waals surface area contributed by atoms with E-state index < -0.39 is 41.5 Å². The van der Waals surface area contributed by atoms with E-state index in [0.29, 0.717) is 54.6 Å². The molecule has 9 nitrogen and oxygen atoms in total. The Bertz CT molecular complexity index is 1380. The van der Waals surface area contributed by atoms with Crippen LogP contribution in [0.15, 0.2) is 36.4 Å². The summed E-state index contributed by atoms with van der Waals surface area (Å²) in [6.07, 6.45) is 2.87. The summed E-state index contributed by atoms with van der Waals surface area (Å²) in [5.41, 5.74) is 0.534. The van der Waals surface area contributed by atoms with Crippen LogP contribution in [0.5, 0.6) is 5.75 Å². The number of hydrogen-bond acceptors (Lipinski definition) is 10. The number of carbonyl (C=O) groups is 2. The van der Waals surface area contributed by atoms with E-state index in [1.54, 1.807) is 31.2 Å². The number of rotatable bonds is 22. The van der Waals surface area contributed by atoms with Gasteiger partial charge in [-0.2, -0.15) is 0 Å². The molecule has 2 aromatic carbocycles. The molecule has 1 aliphatic rings. The molecule has 0 bridgehead atoms. The van der Waals surface area contributed by atoms with Gasteiger partial charge in [0, 0.05) is 57.1 Å². The van der Waals surface area contributed by atoms with Gasteiger partial charge in [0.25, 0.3) is 0 Å². The van der Waals surface area contributed by atoms with Gasteiger partial charge in [0.05, 0.1) is 6.61 Å². The van der Waals surface area contributed by atoms with E-state index in [4.69, 9.17) is 44.8 Å². The van der Waals surface area contributed by atoms with Crippen LogP contribution in [0, 0.1) is 5.82 Å². The first kappa shape index (κ1) is 43.2. The highest BCUT2D eigenvalue weighted by atomic mass is 35.5. The minimum absolute atomic E-state index is 0.0821. The molecule has 0 radical (unpaired) electrons. The van der Waals surface area contributed by atoms with Crippen molar-refractivity contribution in [1.29, 1.82) is 0 Å². The molecule has 51 heavy (non-hydrogen) atoms. The lowest BCUT2D eigenvalue weighted by atomic mass is 9.81. The molecule has 286 valence electrons. The topological polar surface area (TPSA) is 98.8 Å². The van der Waals surface area contributed by atoms with Crippen molar-refractivity contribution in [1.82, 2.24) is 0 Å². The maximum Gasteiger partial charge on any atom is 0.302 e. The van der Waals surface area contributed by atoms with Gasteiger partial charge in [0.15, 0.2) is 16.7 Å². The van der Waals surface area contributed by atoms with E-state index in [0.717, 1.165) is 50.3 Å². The average molecular weight is 755 g/mol. The highest BCUT2D eigenvalue weighted by molar-refractivity contribution is 8.13. The van der Waals surface area contributed by atoms with Crippen molar-refractivity contribution in [3.8, 4) is 5.75 Å². The molecule has 5 atom stereocenters. The van der Waals surface area contributed by atoms with Crippen LogP contribution in [0.2, 0.25) is 5.02 Å². The van der Waals surface area contributed by atoms with Gasteiger partial charge in [-0.1, -0.05) is 75.5 Å². The van der Waals surface area contributed by atoms with Crippen LogP contribution in [0.1, 0.15) is 96.8 Å². The number of esters is 1. The van der Waals surface area contributed by atoms with Gasteiger partial charge in [-0.25, -0.2) is 4.39 Å². The highest BCUT2D eigenvalue weighted by Crippen LogP contribution is 2.49. The van der Waals surface area contributed by atoms with Crippen molar-refractivity contribution >= 4 is 34.4 Å². The maximum atomic E-state index is 14.9. The van der Waals surface area contributed by atoms with Gasteiger partial charge in [-0.3, -0.25) is 9.59 Å². The fourth-order valence-corrected chi connectivity index (χ4v) is 7.02. The van der Waals surface area contributed by atoms with Crippen LogP contribution in [-0.2, 0) is 50.2 Å². The lowest BCUT2D eigenvalue weighted by Crippen LogP contribution is -2.73. The number of carbonyl (C=O) groups excluding carboxylic acids is 2. The molecular weight excluding hydrogens is 699 g/mol. The van der Waals surface area contributed by atoms with Crippen LogP contribution >= 0.6 is 23.4 Å². The van der Waals surface area contributed by atoms with E-state index in [1.165, 1.54) is 27.0 Å². The second-order valence-electron chi connectivity index (χ2n) is 12.8. The Hall–Kier alpha value is -2.25. The van der Waals surface area contributed by atoms with Crippen LogP contribution in [0.4, 0.5) is 4.39 Å². The average Bonchev–Trinajstić information content (AvgIpc) is 3.10. The third-order valence-corrected chi connectivity index (χ3v) is 10.1. The Morgan fingerprint density at radius 2 is 1.55 bits per heavy atom. The van der Waals surface area contributed by atoms with Crippen molar-refractivity contribution in [2.24, 2.45) is 0 Å². The SMILES string of the molecule is CCCCO[C@@H]1[C@@H](OCCCC)[C@](OC)(c2ccc(Cl)c(Cc3ccc(OCC)c(F)c3)c2)O[C@@](COC(C)=O)(CSC(C)=O)[C@H]1OCCCC. The largest absolute Gasteiger partial charge is 0.491 e. The van der Waals surface area contributed by atoms with Crippen molar-refractivity contribution in [3.05, 3.63) is 63.9 Å². The molecule has 1 fully saturated rings. The van der Waals surface area contributed by atoms with Crippen molar-refractivity contribution in [3.63, 3.8) is 0 Å². The second-order valence-corrected chi connectivity index (χ2v) is 14.3. The van der Waals surface area contributed by atoms with Crippen molar-refractivity contribution in [2.45, 2.75) is 116 Å². The van der Waals surface area contributed by atoms with Crippen LogP contribution in [-0.4, -0.2) is 80.9 Å². The number of methoxy groups -OCH3 is 1. The number of benzene rings is 2. The van der Waals surface area contributed by atoms with Gasteiger partial charge in [-0.15, -0.1) is 0 Å². The molecule has 2 aromatic rings. The molecule has 0 N–H and O–H groups in total. The summed E-state index contributed by atoms with van der Waals surface area (Å²) in [7, 11) is 1.53. The van der Waals surface area contributed by atoms with E-state index in [9.17, 15) is 14.0 Å². The smallest absolute Gasteiger partial charge is 0.302 e. The lowest BCUT2D eigenvalue weighted by molar-refractivity contribution is -0.405. The molecule has 12 heteroatoms. The van der Waals surface area contributed by atoms with E-state index in [-0.39, 0.29) is 23.2 Å². The van der Waals surface area contributed by atoms with Gasteiger partial charge >= 0.3 is 5.97 Å². The number of hydrogen-bond donors (Lipinski definition) is 0. The molecule has 0 aromatic heterocycles. The Morgan fingerprint density at radius 3 is 2.12 bits per heavy atom. The summed E-state index contributed by atoms with van der Waals surface area (Å²) < 4.78 is 59.7. The highest BCUT2D eigenvalue weighted by Gasteiger charge is 2.65. The van der Waals surface area contributed by atoms with Gasteiger partial charge in [-0.05, 0) is 68.0 Å². The normalized spacial score (nSPS) is 23.3. The maximum absolute atomic E-state index is 14.9. The zero-order chi connectivity index (χ0) is 37.4. The molecule has 0 saturated carbocycles. The standard InChI is InChI=1S/C39H56ClFO9S/c1-8-12-19-46-35-36(47-20-13-9-2)38(25-49-27(5)42,26-51-28(6)43)50-39(44-7,37(35)48-21-14-10-3)31-16-17-32(40)30(24-31)22-29-15-18-34(45-11-4)33(41)23-29/h15-18,23-24,35-37H,8-14,19-22,25-26H2,1-7H3/t35-,36-,37+,38-,39-/m0/s1. The predicted molar refractivity (Wildman–Crippen MR) is 198 cm³/mol. The van der Waals surface area contributed by atoms with Crippen LogP contribution < -0.4 is 4.74 Å². The number of unbranched alkanes of at least 4 members (excludes halogenated alkanes) is 3. The molecule has 3 rings (SSSR count). The molecule has 0 amide bonds. The summed E-state index contributed by atoms with van der Waals surface area (Å²) in [5.74, 6) is -2.36. The zero-order valence-electron chi connectivity index (χ0n) is 31.2. The van der Waals surface area contributed by atoms with E-state index >= 15 is 0 Å². The summed E-state index contributed by atoms with van der Waals surface area (Å²) in [4.78, 5) is 24.9. The number of thioether (sulfide) groups is 1. The Balaban J connectivity index is 2.28. The van der Waals surface area contributed by atoms with Crippen LogP contribution in [0.25, 0.3) is 0 Å². The Kier molecular flexibility index (Phi) is 18.2. The quantitative estimate of drug-likeness (QED) is 0.0861. The lowest BCUT2D eigenvalue weighted by Gasteiger charge is -2.57. The number of ether oxygens (including phenoxy) is 7. The zero-order valence-corrected chi connectivity index (χ0v) is 32.8. The molecule has 1 heterocycles. The predicted octanol–water partition coefficient (Wildman–Crippen LogP) is 8.44. The first-order valence-electron chi connectivity index (χ1n) is 18.1. The van der Waals surface area contributed by atoms with Crippen molar-refractivity contribution in [2.75, 3.05) is 45.9 Å². The van der Waals surface area contributed by atoms with Crippen LogP contribution in [0.3, 0.4) is 0 Å². The summed E-state index contributed by atoms with van der Waals surface area (Å²) in [6.45, 7) is 12.1. The minimum atomic E-state index is -1.64. The summed E-state index contributed by atoms with van der Waals surface area (Å²) in [6, 6.07) is 10.3. The third-order valence-electron chi connectivity index (χ3n) is 8.73. The first-order chi connectivity index (χ1) is 24.5. The Morgan fingerprint density at radius 1 is 0.902 bits per heavy atom. The van der Waals surface area contributed by atoms with Gasteiger partial charge < -0.3 is 33.2 Å². The monoisotopic (exact) mass is 754 g/mol. The number of halogens is 2. The van der Waals surface area contributed by atoms with Crippen molar-refractivity contribution < 1.29 is 47.1 Å². The fraction of sp³-hybridized carbons (Fsp3) is 0.641. The fourth-order valence-electron chi connectivity index (χ4n) is 6.08. The molecule has 0 aliphatic carbocycles. The molecular formula is C39H56ClFO9S. The van der Waals surface area contributed by atoms with Gasteiger partial charge in [0.1, 0.15) is 30.5 Å². The van der Waals surface area contributed by atoms with E-state index in [2.05, 4.69) is 20.8 Å². The second kappa shape index (κ2) is 21.5. The molecule has 0 spiro atoms. The molecule has 0 unspecified atom stereocenters. The minimum Gasteiger partial charge on any atom is -0.491 e.